The number of primary sulfonamides is 1. The average Bonchev–Trinajstić information content (AvgIpc) is 2.84. The van der Waals surface area contributed by atoms with Crippen LogP contribution in [-0.4, -0.2) is 30.9 Å². The third-order valence-corrected chi connectivity index (χ3v) is 5.56. The molecule has 172 valence electrons. The van der Waals surface area contributed by atoms with Crippen LogP contribution in [0.3, 0.4) is 0 Å². The Labute approximate surface area is 196 Å². The van der Waals surface area contributed by atoms with Crippen molar-refractivity contribution in [1.82, 2.24) is 9.97 Å². The van der Waals surface area contributed by atoms with Crippen molar-refractivity contribution in [2.24, 2.45) is 5.14 Å². The summed E-state index contributed by atoms with van der Waals surface area (Å²) < 4.78 is 28.6. The molecule has 4 aromatic rings. The molecule has 0 saturated heterocycles. The molecule has 0 saturated carbocycles. The van der Waals surface area contributed by atoms with Gasteiger partial charge >= 0.3 is 0 Å². The monoisotopic (exact) mass is 475 g/mol. The molecule has 1 aromatic heterocycles. The zero-order valence-corrected chi connectivity index (χ0v) is 18.7. The summed E-state index contributed by atoms with van der Waals surface area (Å²) in [4.78, 5) is 20.8. The number of rotatable bonds is 8. The van der Waals surface area contributed by atoms with E-state index in [1.807, 2.05) is 30.3 Å². The first kappa shape index (κ1) is 22.9. The summed E-state index contributed by atoms with van der Waals surface area (Å²) in [5, 5.41) is 10.9. The van der Waals surface area contributed by atoms with Crippen LogP contribution >= 0.6 is 0 Å². The summed E-state index contributed by atoms with van der Waals surface area (Å²) in [6.45, 7) is -0.0979. The predicted octanol–water partition coefficient (Wildman–Crippen LogP) is 3.55. The largest absolute Gasteiger partial charge is 0.484 e. The number of hydrogen-bond acceptors (Lipinski definition) is 7. The van der Waals surface area contributed by atoms with E-state index in [9.17, 15) is 13.2 Å². The maximum Gasteiger partial charge on any atom is 0.262 e. The Morgan fingerprint density at radius 1 is 0.912 bits per heavy atom. The molecule has 4 N–H and O–H groups in total. The number of carbonyl (C=O) groups is 1. The summed E-state index contributed by atoms with van der Waals surface area (Å²) in [5.41, 5.74) is 2.56. The molecule has 0 aliphatic carbocycles. The van der Waals surface area contributed by atoms with Gasteiger partial charge in [-0.3, -0.25) is 4.79 Å². The van der Waals surface area contributed by atoms with Crippen LogP contribution in [0.4, 0.5) is 17.3 Å². The van der Waals surface area contributed by atoms with Gasteiger partial charge in [-0.15, -0.1) is 0 Å². The minimum atomic E-state index is -3.82. The fraction of sp³-hybridized carbons (Fsp3) is 0.0417. The molecular weight excluding hydrogens is 454 g/mol. The summed E-state index contributed by atoms with van der Waals surface area (Å²) in [7, 11) is -3.82. The molecule has 0 unspecified atom stereocenters. The standard InChI is InChI=1S/C24H21N5O4S/c25-34(31,32)21-8-4-5-19(15-21)28-24-26-14-13-22(29-24)17-9-11-18(12-10-17)27-23(30)16-33-20-6-2-1-3-7-20/h1-15H,16H2,(H,27,30)(H2,25,31,32)(H,26,28,29). The van der Waals surface area contributed by atoms with Crippen molar-refractivity contribution >= 4 is 33.3 Å². The number of para-hydroxylation sites is 1. The highest BCUT2D eigenvalue weighted by Gasteiger charge is 2.10. The maximum atomic E-state index is 12.1. The van der Waals surface area contributed by atoms with E-state index in [4.69, 9.17) is 9.88 Å². The highest BCUT2D eigenvalue weighted by atomic mass is 32.2. The number of nitrogens with one attached hydrogen (secondary N) is 2. The van der Waals surface area contributed by atoms with Crippen molar-refractivity contribution < 1.29 is 17.9 Å². The average molecular weight is 476 g/mol. The fourth-order valence-electron chi connectivity index (χ4n) is 3.05. The first-order valence-corrected chi connectivity index (χ1v) is 11.7. The van der Waals surface area contributed by atoms with Gasteiger partial charge in [-0.2, -0.15) is 0 Å². The lowest BCUT2D eigenvalue weighted by Gasteiger charge is -2.09. The van der Waals surface area contributed by atoms with Gasteiger partial charge in [-0.25, -0.2) is 23.5 Å². The van der Waals surface area contributed by atoms with Crippen molar-refractivity contribution in [2.45, 2.75) is 4.90 Å². The van der Waals surface area contributed by atoms with Crippen LogP contribution in [0.5, 0.6) is 5.75 Å². The fourth-order valence-corrected chi connectivity index (χ4v) is 3.61. The second-order valence-corrected chi connectivity index (χ2v) is 8.75. The number of nitrogens with two attached hydrogens (primary N) is 1. The van der Waals surface area contributed by atoms with Crippen LogP contribution in [0.25, 0.3) is 11.3 Å². The molecule has 1 amide bonds. The molecule has 9 nitrogen and oxygen atoms in total. The van der Waals surface area contributed by atoms with Crippen molar-refractivity contribution in [3.63, 3.8) is 0 Å². The number of aromatic nitrogens is 2. The second kappa shape index (κ2) is 10.1. The number of carbonyl (C=O) groups excluding carboxylic acids is 1. The number of nitrogens with zero attached hydrogens (tertiary/aromatic N) is 2. The van der Waals surface area contributed by atoms with Crippen LogP contribution in [0.2, 0.25) is 0 Å². The molecule has 3 aromatic carbocycles. The second-order valence-electron chi connectivity index (χ2n) is 7.19. The third kappa shape index (κ3) is 6.15. The van der Waals surface area contributed by atoms with Gasteiger partial charge in [0.25, 0.3) is 5.91 Å². The van der Waals surface area contributed by atoms with Crippen LogP contribution in [-0.2, 0) is 14.8 Å². The molecule has 0 bridgehead atoms. The molecule has 0 aliphatic rings. The van der Waals surface area contributed by atoms with Gasteiger partial charge in [-0.1, -0.05) is 36.4 Å². The number of anilines is 3. The van der Waals surface area contributed by atoms with Gasteiger partial charge < -0.3 is 15.4 Å². The summed E-state index contributed by atoms with van der Waals surface area (Å²) in [6, 6.07) is 24.1. The highest BCUT2D eigenvalue weighted by molar-refractivity contribution is 7.89. The lowest BCUT2D eigenvalue weighted by atomic mass is 10.1. The van der Waals surface area contributed by atoms with Gasteiger partial charge in [0.15, 0.2) is 6.61 Å². The number of hydrogen-bond donors (Lipinski definition) is 3. The van der Waals surface area contributed by atoms with Crippen molar-refractivity contribution in [3.05, 3.63) is 91.1 Å². The van der Waals surface area contributed by atoms with Crippen LogP contribution in [0, 0.1) is 0 Å². The summed E-state index contributed by atoms with van der Waals surface area (Å²) >= 11 is 0. The van der Waals surface area contributed by atoms with Crippen molar-refractivity contribution in [3.8, 4) is 17.0 Å². The predicted molar refractivity (Wildman–Crippen MR) is 129 cm³/mol. The first-order valence-electron chi connectivity index (χ1n) is 10.2. The SMILES string of the molecule is NS(=O)(=O)c1cccc(Nc2nccc(-c3ccc(NC(=O)COc4ccccc4)cc3)n2)c1. The highest BCUT2D eigenvalue weighted by Crippen LogP contribution is 2.22. The Morgan fingerprint density at radius 2 is 1.68 bits per heavy atom. The Hall–Kier alpha value is -4.28. The Bertz CT molecular complexity index is 1390. The zero-order chi connectivity index (χ0) is 24.0. The lowest BCUT2D eigenvalue weighted by molar-refractivity contribution is -0.118. The third-order valence-electron chi connectivity index (χ3n) is 4.65. The van der Waals surface area contributed by atoms with E-state index in [0.29, 0.717) is 28.8 Å². The van der Waals surface area contributed by atoms with Crippen LogP contribution in [0.15, 0.2) is 96.0 Å². The van der Waals surface area contributed by atoms with Gasteiger partial charge in [0.05, 0.1) is 10.6 Å². The maximum absolute atomic E-state index is 12.1. The lowest BCUT2D eigenvalue weighted by Crippen LogP contribution is -2.20. The molecule has 0 aliphatic heterocycles. The molecule has 0 atom stereocenters. The molecule has 10 heteroatoms. The van der Waals surface area contributed by atoms with E-state index in [1.165, 1.54) is 12.1 Å². The molecule has 0 radical (unpaired) electrons. The van der Waals surface area contributed by atoms with Gasteiger partial charge in [0, 0.05) is 23.1 Å². The number of amides is 1. The zero-order valence-electron chi connectivity index (χ0n) is 17.9. The number of ether oxygens (including phenoxy) is 1. The van der Waals surface area contributed by atoms with E-state index >= 15 is 0 Å². The van der Waals surface area contributed by atoms with Crippen molar-refractivity contribution in [2.75, 3.05) is 17.2 Å². The van der Waals surface area contributed by atoms with Gasteiger partial charge in [0.2, 0.25) is 16.0 Å². The first-order chi connectivity index (χ1) is 16.4. The normalized spacial score (nSPS) is 11.0. The smallest absolute Gasteiger partial charge is 0.262 e. The van der Waals surface area contributed by atoms with Gasteiger partial charge in [-0.05, 0) is 48.5 Å². The molecule has 1 heterocycles. The van der Waals surface area contributed by atoms with E-state index in [-0.39, 0.29) is 17.4 Å². The Balaban J connectivity index is 1.40. The molecule has 0 spiro atoms. The topological polar surface area (TPSA) is 136 Å². The van der Waals surface area contributed by atoms with E-state index in [0.717, 1.165) is 5.56 Å². The van der Waals surface area contributed by atoms with E-state index in [2.05, 4.69) is 20.6 Å². The van der Waals surface area contributed by atoms with Gasteiger partial charge in [0.1, 0.15) is 5.75 Å². The van der Waals surface area contributed by atoms with Crippen molar-refractivity contribution in [1.29, 1.82) is 0 Å². The van der Waals surface area contributed by atoms with E-state index in [1.54, 1.807) is 48.7 Å². The molecule has 34 heavy (non-hydrogen) atoms. The minimum absolute atomic E-state index is 0.0135. The molecule has 0 fully saturated rings. The summed E-state index contributed by atoms with van der Waals surface area (Å²) in [6.07, 6.45) is 1.59. The van der Waals surface area contributed by atoms with Crippen LogP contribution in [0.1, 0.15) is 0 Å². The van der Waals surface area contributed by atoms with Crippen LogP contribution < -0.4 is 20.5 Å². The molecule has 4 rings (SSSR count). The number of sulfonamides is 1. The Kier molecular flexibility index (Phi) is 6.81. The van der Waals surface area contributed by atoms with E-state index < -0.39 is 10.0 Å². The number of benzene rings is 3. The Morgan fingerprint density at radius 3 is 2.41 bits per heavy atom. The summed E-state index contributed by atoms with van der Waals surface area (Å²) in [5.74, 6) is 0.643. The minimum Gasteiger partial charge on any atom is -0.484 e. The molecular formula is C24H21N5O4S. The quantitative estimate of drug-likeness (QED) is 0.354.